The van der Waals surface area contributed by atoms with Crippen molar-refractivity contribution in [1.82, 2.24) is 9.13 Å². The molecule has 8 aromatic carbocycles. The van der Waals surface area contributed by atoms with Crippen LogP contribution in [0.2, 0.25) is 0 Å². The van der Waals surface area contributed by atoms with Gasteiger partial charge in [-0.15, -0.1) is 0 Å². The monoisotopic (exact) mass is 609 g/mol. The highest BCUT2D eigenvalue weighted by atomic mass is 15.0. The van der Waals surface area contributed by atoms with Crippen molar-refractivity contribution in [2.75, 3.05) is 0 Å². The molecule has 0 radical (unpaired) electrons. The molecule has 0 fully saturated rings. The first-order chi connectivity index (χ1) is 23.7. The molecule has 0 bridgehead atoms. The highest BCUT2D eigenvalue weighted by molar-refractivity contribution is 6.13. The first-order valence-corrected chi connectivity index (χ1v) is 16.2. The van der Waals surface area contributed by atoms with Gasteiger partial charge in [-0.3, -0.25) is 0 Å². The van der Waals surface area contributed by atoms with Crippen LogP contribution in [-0.2, 0) is 0 Å². The normalized spacial score (nSPS) is 11.7. The van der Waals surface area contributed by atoms with E-state index in [0.717, 1.165) is 38.4 Å². The van der Waals surface area contributed by atoms with Crippen LogP contribution in [0.15, 0.2) is 164 Å². The first-order valence-electron chi connectivity index (χ1n) is 16.2. The van der Waals surface area contributed by atoms with E-state index < -0.39 is 0 Å². The van der Waals surface area contributed by atoms with Crippen molar-refractivity contribution in [3.05, 3.63) is 169 Å². The molecule has 10 rings (SSSR count). The predicted molar refractivity (Wildman–Crippen MR) is 200 cm³/mol. The van der Waals surface area contributed by atoms with Gasteiger partial charge in [0.05, 0.1) is 33.7 Å². The third-order valence-electron chi connectivity index (χ3n) is 9.91. The molecule has 0 unspecified atom stereocenters. The molecule has 0 aliphatic heterocycles. The molecule has 0 N–H and O–H groups in total. The summed E-state index contributed by atoms with van der Waals surface area (Å²) in [5.41, 5.74) is 10.00. The first kappa shape index (κ1) is 26.6. The Labute approximate surface area is 276 Å². The van der Waals surface area contributed by atoms with Gasteiger partial charge in [0.2, 0.25) is 0 Å². The lowest BCUT2D eigenvalue weighted by atomic mass is 9.99. The second-order valence-electron chi connectivity index (χ2n) is 12.5. The van der Waals surface area contributed by atoms with E-state index in [0.29, 0.717) is 5.56 Å². The Kier molecular flexibility index (Phi) is 5.64. The molecule has 0 amide bonds. The largest absolute Gasteiger partial charge is 0.309 e. The van der Waals surface area contributed by atoms with Gasteiger partial charge in [-0.25, -0.2) is 0 Å². The summed E-state index contributed by atoms with van der Waals surface area (Å²) in [5.74, 6) is 0. The molecular formula is C45H27N3. The minimum atomic E-state index is 0.671. The van der Waals surface area contributed by atoms with Crippen molar-refractivity contribution >= 4 is 65.2 Å². The average molecular weight is 610 g/mol. The van der Waals surface area contributed by atoms with Gasteiger partial charge in [0.25, 0.3) is 0 Å². The Bertz CT molecular complexity index is 2950. The second-order valence-corrected chi connectivity index (χ2v) is 12.5. The summed E-state index contributed by atoms with van der Waals surface area (Å²) in [5, 5.41) is 19.1. The number of nitrogens with zero attached hydrogens (tertiary/aromatic N) is 3. The zero-order valence-electron chi connectivity index (χ0n) is 25.9. The Balaban J connectivity index is 1.22. The molecule has 0 saturated carbocycles. The third-order valence-corrected chi connectivity index (χ3v) is 9.91. The standard InChI is InChI=1S/C45H27N3/c46-28-29-14-15-30-16-17-31-18-21-35(27-41(31)40(30)24-29)48-43-13-7-5-11-37(43)39-23-20-33(26-45(39)48)32-19-22-38-36-10-4-6-12-42(36)47(44(38)25-32)34-8-2-1-3-9-34/h1-27H. The van der Waals surface area contributed by atoms with Gasteiger partial charge in [-0.1, -0.05) is 103 Å². The number of nitriles is 1. The molecule has 10 aromatic rings. The van der Waals surface area contributed by atoms with Crippen molar-refractivity contribution in [3.8, 4) is 28.6 Å². The van der Waals surface area contributed by atoms with Crippen molar-refractivity contribution in [2.45, 2.75) is 0 Å². The Morgan fingerprint density at radius 1 is 0.354 bits per heavy atom. The summed E-state index contributed by atoms with van der Waals surface area (Å²) >= 11 is 0. The van der Waals surface area contributed by atoms with Gasteiger partial charge in [0, 0.05) is 32.9 Å². The van der Waals surface area contributed by atoms with Crippen molar-refractivity contribution < 1.29 is 0 Å². The number of rotatable bonds is 3. The number of para-hydroxylation sites is 3. The van der Waals surface area contributed by atoms with Gasteiger partial charge in [-0.05, 0) is 93.3 Å². The topological polar surface area (TPSA) is 33.6 Å². The maximum absolute atomic E-state index is 9.64. The fraction of sp³-hybridized carbons (Fsp3) is 0. The lowest BCUT2D eigenvalue weighted by Gasteiger charge is -2.12. The molecule has 3 nitrogen and oxygen atoms in total. The minimum Gasteiger partial charge on any atom is -0.309 e. The summed E-state index contributed by atoms with van der Waals surface area (Å²) in [6, 6.07) is 61.0. The van der Waals surface area contributed by atoms with Crippen LogP contribution in [0.4, 0.5) is 0 Å². The zero-order chi connectivity index (χ0) is 31.8. The fourth-order valence-electron chi connectivity index (χ4n) is 7.68. The van der Waals surface area contributed by atoms with Crippen molar-refractivity contribution in [3.63, 3.8) is 0 Å². The smallest absolute Gasteiger partial charge is 0.0991 e. The van der Waals surface area contributed by atoms with Gasteiger partial charge in [-0.2, -0.15) is 5.26 Å². The van der Waals surface area contributed by atoms with E-state index in [-0.39, 0.29) is 0 Å². The predicted octanol–water partition coefficient (Wildman–Crippen LogP) is 11.7. The van der Waals surface area contributed by atoms with Crippen LogP contribution in [0.1, 0.15) is 5.56 Å². The highest BCUT2D eigenvalue weighted by Crippen LogP contribution is 2.39. The molecule has 2 aromatic heterocycles. The van der Waals surface area contributed by atoms with E-state index in [4.69, 9.17) is 0 Å². The Hall–Kier alpha value is -6.63. The average Bonchev–Trinajstić information content (AvgIpc) is 3.67. The molecular weight excluding hydrogens is 583 g/mol. The summed E-state index contributed by atoms with van der Waals surface area (Å²) < 4.78 is 4.76. The summed E-state index contributed by atoms with van der Waals surface area (Å²) in [4.78, 5) is 0. The van der Waals surface area contributed by atoms with Crippen LogP contribution >= 0.6 is 0 Å². The van der Waals surface area contributed by atoms with E-state index in [9.17, 15) is 5.26 Å². The fourth-order valence-corrected chi connectivity index (χ4v) is 7.68. The van der Waals surface area contributed by atoms with E-state index in [1.165, 1.54) is 49.2 Å². The number of benzene rings is 8. The molecule has 3 heteroatoms. The Morgan fingerprint density at radius 3 is 1.48 bits per heavy atom. The van der Waals surface area contributed by atoms with Crippen LogP contribution in [0.25, 0.3) is 87.7 Å². The molecule has 48 heavy (non-hydrogen) atoms. The molecule has 0 aliphatic rings. The molecule has 0 spiro atoms. The van der Waals surface area contributed by atoms with Crippen LogP contribution in [0.5, 0.6) is 0 Å². The van der Waals surface area contributed by atoms with Gasteiger partial charge in [0.15, 0.2) is 0 Å². The Morgan fingerprint density at radius 2 is 0.854 bits per heavy atom. The maximum Gasteiger partial charge on any atom is 0.0991 e. The van der Waals surface area contributed by atoms with Gasteiger partial charge < -0.3 is 9.13 Å². The summed E-state index contributed by atoms with van der Waals surface area (Å²) in [7, 11) is 0. The molecule has 0 saturated heterocycles. The summed E-state index contributed by atoms with van der Waals surface area (Å²) in [6.45, 7) is 0. The van der Waals surface area contributed by atoms with E-state index in [2.05, 4.69) is 161 Å². The highest BCUT2D eigenvalue weighted by Gasteiger charge is 2.16. The molecule has 222 valence electrons. The quantitative estimate of drug-likeness (QED) is 0.183. The lowest BCUT2D eigenvalue weighted by Crippen LogP contribution is -1.95. The SMILES string of the molecule is N#Cc1ccc2ccc3ccc(-n4c5ccccc5c5ccc(-c6ccc7c8ccccc8n(-c8ccccc8)c7c6)cc54)cc3c2c1. The van der Waals surface area contributed by atoms with Crippen LogP contribution in [0.3, 0.4) is 0 Å². The van der Waals surface area contributed by atoms with Gasteiger partial charge >= 0.3 is 0 Å². The zero-order valence-corrected chi connectivity index (χ0v) is 25.9. The third kappa shape index (κ3) is 3.87. The van der Waals surface area contributed by atoms with Crippen LogP contribution in [0, 0.1) is 11.3 Å². The number of aromatic nitrogens is 2. The number of hydrogen-bond acceptors (Lipinski definition) is 1. The number of fused-ring (bicyclic) bond motifs is 9. The van der Waals surface area contributed by atoms with Gasteiger partial charge in [0.1, 0.15) is 0 Å². The number of hydrogen-bond donors (Lipinski definition) is 0. The van der Waals surface area contributed by atoms with Crippen molar-refractivity contribution in [2.24, 2.45) is 0 Å². The van der Waals surface area contributed by atoms with Crippen LogP contribution in [-0.4, -0.2) is 9.13 Å². The molecule has 0 atom stereocenters. The minimum absolute atomic E-state index is 0.671. The second kappa shape index (κ2) is 10.2. The molecule has 2 heterocycles. The van der Waals surface area contributed by atoms with Crippen molar-refractivity contribution in [1.29, 1.82) is 5.26 Å². The lowest BCUT2D eigenvalue weighted by molar-refractivity contribution is 1.18. The molecule has 0 aliphatic carbocycles. The maximum atomic E-state index is 9.64. The van der Waals surface area contributed by atoms with E-state index >= 15 is 0 Å². The van der Waals surface area contributed by atoms with E-state index in [1.54, 1.807) is 0 Å². The van der Waals surface area contributed by atoms with Crippen LogP contribution < -0.4 is 0 Å². The van der Waals surface area contributed by atoms with E-state index in [1.807, 2.05) is 18.2 Å². The summed E-state index contributed by atoms with van der Waals surface area (Å²) in [6.07, 6.45) is 0.